The van der Waals surface area contributed by atoms with Crippen molar-refractivity contribution in [1.29, 1.82) is 0 Å². The van der Waals surface area contributed by atoms with E-state index < -0.39 is 0 Å². The van der Waals surface area contributed by atoms with Crippen LogP contribution >= 0.6 is 11.3 Å². The summed E-state index contributed by atoms with van der Waals surface area (Å²) >= 11 is 1.67. The number of amides is 1. The molecule has 3 aromatic heterocycles. The van der Waals surface area contributed by atoms with E-state index in [1.165, 1.54) is 23.3 Å². The van der Waals surface area contributed by atoms with Gasteiger partial charge in [-0.3, -0.25) is 9.89 Å². The molecule has 1 aliphatic carbocycles. The molecule has 1 amide bonds. The molecule has 2 N–H and O–H groups in total. The topological polar surface area (TPSA) is 83.6 Å². The van der Waals surface area contributed by atoms with Crippen LogP contribution in [0.4, 0.5) is 0 Å². The van der Waals surface area contributed by atoms with Gasteiger partial charge in [0.1, 0.15) is 5.82 Å². The monoisotopic (exact) mass is 367 g/mol. The standard InChI is InChI=1S/C19H21N5OS/c1-11-7-8-17(26-11)15-9-16(24-23-15)19(25)20-10-18-21-12(2)13-5-3-4-6-14(13)22-18/h7-9H,3-6,10H2,1-2H3,(H,20,25)(H,23,24). The summed E-state index contributed by atoms with van der Waals surface area (Å²) in [5.74, 6) is 0.445. The quantitative estimate of drug-likeness (QED) is 0.741. The maximum Gasteiger partial charge on any atom is 0.272 e. The van der Waals surface area contributed by atoms with Crippen LogP contribution in [0.5, 0.6) is 0 Å². The molecule has 0 aliphatic heterocycles. The molecule has 0 bridgehead atoms. The van der Waals surface area contributed by atoms with Gasteiger partial charge < -0.3 is 5.32 Å². The second-order valence-corrected chi connectivity index (χ2v) is 7.91. The van der Waals surface area contributed by atoms with Crippen molar-refractivity contribution in [3.63, 3.8) is 0 Å². The number of aryl methyl sites for hydroxylation is 3. The predicted octanol–water partition coefficient (Wildman–Crippen LogP) is 3.35. The number of hydrogen-bond acceptors (Lipinski definition) is 5. The Balaban J connectivity index is 1.44. The Bertz CT molecular complexity index is 959. The summed E-state index contributed by atoms with van der Waals surface area (Å²) < 4.78 is 0. The van der Waals surface area contributed by atoms with Crippen LogP contribution in [0.15, 0.2) is 18.2 Å². The smallest absolute Gasteiger partial charge is 0.272 e. The number of aromatic nitrogens is 4. The first-order valence-electron chi connectivity index (χ1n) is 8.86. The third-order valence-electron chi connectivity index (χ3n) is 4.66. The van der Waals surface area contributed by atoms with Crippen LogP contribution in [-0.2, 0) is 19.4 Å². The number of carbonyl (C=O) groups is 1. The molecule has 0 saturated heterocycles. The SMILES string of the molecule is Cc1ccc(-c2cc(C(=O)NCc3nc(C)c4c(n3)CCCC4)n[nH]2)s1. The minimum absolute atomic E-state index is 0.222. The number of carbonyl (C=O) groups excluding carboxylic acids is 1. The van der Waals surface area contributed by atoms with E-state index in [9.17, 15) is 4.79 Å². The molecule has 3 heterocycles. The fourth-order valence-corrected chi connectivity index (χ4v) is 4.15. The number of H-pyrrole nitrogens is 1. The largest absolute Gasteiger partial charge is 0.343 e. The van der Waals surface area contributed by atoms with E-state index in [1.807, 2.05) is 13.0 Å². The van der Waals surface area contributed by atoms with Crippen LogP contribution < -0.4 is 5.32 Å². The molecule has 1 aliphatic rings. The molecule has 26 heavy (non-hydrogen) atoms. The lowest BCUT2D eigenvalue weighted by Gasteiger charge is -2.17. The minimum atomic E-state index is -0.222. The first-order valence-corrected chi connectivity index (χ1v) is 9.67. The highest BCUT2D eigenvalue weighted by Gasteiger charge is 2.17. The number of fused-ring (bicyclic) bond motifs is 1. The first-order chi connectivity index (χ1) is 12.6. The molecule has 0 atom stereocenters. The van der Waals surface area contributed by atoms with E-state index in [-0.39, 0.29) is 5.91 Å². The summed E-state index contributed by atoms with van der Waals surface area (Å²) in [7, 11) is 0. The number of thiophene rings is 1. The fraction of sp³-hybridized carbons (Fsp3) is 0.368. The highest BCUT2D eigenvalue weighted by atomic mass is 32.1. The van der Waals surface area contributed by atoms with E-state index in [0.717, 1.165) is 34.8 Å². The van der Waals surface area contributed by atoms with Crippen molar-refractivity contribution in [2.24, 2.45) is 0 Å². The van der Waals surface area contributed by atoms with Crippen LogP contribution in [0.2, 0.25) is 0 Å². The zero-order valence-corrected chi connectivity index (χ0v) is 15.7. The Labute approximate surface area is 156 Å². The van der Waals surface area contributed by atoms with Gasteiger partial charge >= 0.3 is 0 Å². The van der Waals surface area contributed by atoms with Gasteiger partial charge in [0.15, 0.2) is 5.69 Å². The van der Waals surface area contributed by atoms with Crippen LogP contribution in [0.1, 0.15) is 51.0 Å². The maximum absolute atomic E-state index is 12.4. The molecule has 0 saturated carbocycles. The zero-order valence-electron chi connectivity index (χ0n) is 14.9. The lowest BCUT2D eigenvalue weighted by Crippen LogP contribution is -2.25. The van der Waals surface area contributed by atoms with E-state index in [1.54, 1.807) is 17.4 Å². The maximum atomic E-state index is 12.4. The lowest BCUT2D eigenvalue weighted by atomic mass is 9.95. The van der Waals surface area contributed by atoms with Gasteiger partial charge in [0.05, 0.1) is 17.1 Å². The Kier molecular flexibility index (Phi) is 4.55. The molecule has 0 radical (unpaired) electrons. The summed E-state index contributed by atoms with van der Waals surface area (Å²) in [5.41, 5.74) is 4.70. The third-order valence-corrected chi connectivity index (χ3v) is 5.69. The molecule has 0 aromatic carbocycles. The average molecular weight is 367 g/mol. The van der Waals surface area contributed by atoms with Gasteiger partial charge in [-0.2, -0.15) is 5.10 Å². The van der Waals surface area contributed by atoms with Gasteiger partial charge in [-0.25, -0.2) is 9.97 Å². The molecule has 0 spiro atoms. The second-order valence-electron chi connectivity index (χ2n) is 6.62. The summed E-state index contributed by atoms with van der Waals surface area (Å²) in [6.07, 6.45) is 4.45. The van der Waals surface area contributed by atoms with Crippen molar-refractivity contribution in [3.8, 4) is 10.6 Å². The average Bonchev–Trinajstić information content (AvgIpc) is 3.29. The summed E-state index contributed by atoms with van der Waals surface area (Å²) in [6.45, 7) is 4.39. The van der Waals surface area contributed by atoms with Gasteiger partial charge in [-0.15, -0.1) is 11.3 Å². The highest BCUT2D eigenvalue weighted by Crippen LogP contribution is 2.26. The van der Waals surface area contributed by atoms with Crippen molar-refractivity contribution in [3.05, 3.63) is 51.5 Å². The summed E-state index contributed by atoms with van der Waals surface area (Å²) in [4.78, 5) is 23.9. The number of nitrogens with zero attached hydrogens (tertiary/aromatic N) is 3. The number of hydrogen-bond donors (Lipinski definition) is 2. The Morgan fingerprint density at radius 2 is 2.08 bits per heavy atom. The molecular weight excluding hydrogens is 346 g/mol. The molecule has 6 nitrogen and oxygen atoms in total. The van der Waals surface area contributed by atoms with Crippen LogP contribution in [0, 0.1) is 13.8 Å². The van der Waals surface area contributed by atoms with Crippen LogP contribution in [0.3, 0.4) is 0 Å². The van der Waals surface area contributed by atoms with Gasteiger partial charge in [0.2, 0.25) is 0 Å². The summed E-state index contributed by atoms with van der Waals surface area (Å²) in [6, 6.07) is 5.86. The van der Waals surface area contributed by atoms with Crippen molar-refractivity contribution < 1.29 is 4.79 Å². The molecule has 134 valence electrons. The molecule has 3 aromatic rings. The molecule has 0 unspecified atom stereocenters. The Morgan fingerprint density at radius 1 is 1.23 bits per heavy atom. The molecule has 0 fully saturated rings. The number of rotatable bonds is 4. The zero-order chi connectivity index (χ0) is 18.1. The van der Waals surface area contributed by atoms with Gasteiger partial charge in [-0.1, -0.05) is 0 Å². The van der Waals surface area contributed by atoms with Gasteiger partial charge in [-0.05, 0) is 63.3 Å². The lowest BCUT2D eigenvalue weighted by molar-refractivity contribution is 0.0944. The predicted molar refractivity (Wildman–Crippen MR) is 101 cm³/mol. The Hall–Kier alpha value is -2.54. The van der Waals surface area contributed by atoms with E-state index in [4.69, 9.17) is 0 Å². The van der Waals surface area contributed by atoms with Crippen molar-refractivity contribution >= 4 is 17.2 Å². The normalized spacial score (nSPS) is 13.5. The van der Waals surface area contributed by atoms with E-state index >= 15 is 0 Å². The van der Waals surface area contributed by atoms with Crippen molar-refractivity contribution in [2.45, 2.75) is 46.1 Å². The van der Waals surface area contributed by atoms with Crippen molar-refractivity contribution in [1.82, 2.24) is 25.5 Å². The van der Waals surface area contributed by atoms with E-state index in [2.05, 4.69) is 38.5 Å². The second kappa shape index (κ2) is 6.99. The minimum Gasteiger partial charge on any atom is -0.343 e. The Morgan fingerprint density at radius 3 is 2.88 bits per heavy atom. The highest BCUT2D eigenvalue weighted by molar-refractivity contribution is 7.15. The van der Waals surface area contributed by atoms with Crippen molar-refractivity contribution in [2.75, 3.05) is 0 Å². The number of aromatic amines is 1. The summed E-state index contributed by atoms with van der Waals surface area (Å²) in [5, 5.41) is 9.94. The van der Waals surface area contributed by atoms with Gasteiger partial charge in [0.25, 0.3) is 5.91 Å². The molecular formula is C19H21N5OS. The van der Waals surface area contributed by atoms with E-state index in [0.29, 0.717) is 18.1 Å². The van der Waals surface area contributed by atoms with Gasteiger partial charge in [0, 0.05) is 16.3 Å². The molecule has 4 rings (SSSR count). The van der Waals surface area contributed by atoms with Crippen LogP contribution in [0.25, 0.3) is 10.6 Å². The number of nitrogens with one attached hydrogen (secondary N) is 2. The third kappa shape index (κ3) is 3.39. The van der Waals surface area contributed by atoms with Crippen LogP contribution in [-0.4, -0.2) is 26.1 Å². The fourth-order valence-electron chi connectivity index (χ4n) is 3.32. The molecule has 7 heteroatoms. The first kappa shape index (κ1) is 16.9.